The molecule has 10 nitrogen and oxygen atoms in total. The van der Waals surface area contributed by atoms with Gasteiger partial charge in [0.1, 0.15) is 16.9 Å². The van der Waals surface area contributed by atoms with Gasteiger partial charge >= 0.3 is 0 Å². The molecule has 0 aliphatic carbocycles. The van der Waals surface area contributed by atoms with Crippen molar-refractivity contribution in [2.24, 2.45) is 0 Å². The zero-order valence-corrected chi connectivity index (χ0v) is 22.5. The van der Waals surface area contributed by atoms with Gasteiger partial charge in [-0.15, -0.1) is 0 Å². The minimum Gasteiger partial charge on any atom is -0.505 e. The number of aromatic nitrogens is 2. The standard InChI is InChI=1S/C31H27FN4O6/c32-20-9-7-18(8-10-20)14-19-15-24-26(33-16-19)27(37)25(28(38)34-17-21-4-3-13-42-21)31(41)35(24)11-12-36-29(39)22-5-1-2-6-23(22)30(36)40/h1-2,5-10,15-16,21,37H,3-4,11-14,17H2,(H,34,38). The predicted molar refractivity (Wildman–Crippen MR) is 150 cm³/mol. The van der Waals surface area contributed by atoms with E-state index in [2.05, 4.69) is 10.3 Å². The van der Waals surface area contributed by atoms with Crippen molar-refractivity contribution in [3.8, 4) is 5.75 Å². The molecule has 0 bridgehead atoms. The third kappa shape index (κ3) is 5.03. The summed E-state index contributed by atoms with van der Waals surface area (Å²) in [5, 5.41) is 13.8. The van der Waals surface area contributed by atoms with Crippen LogP contribution < -0.4 is 10.9 Å². The van der Waals surface area contributed by atoms with Gasteiger partial charge in [-0.1, -0.05) is 24.3 Å². The van der Waals surface area contributed by atoms with Gasteiger partial charge < -0.3 is 19.7 Å². The monoisotopic (exact) mass is 570 g/mol. The van der Waals surface area contributed by atoms with E-state index in [0.29, 0.717) is 18.6 Å². The first kappa shape index (κ1) is 27.3. The predicted octanol–water partition coefficient (Wildman–Crippen LogP) is 3.04. The summed E-state index contributed by atoms with van der Waals surface area (Å²) in [6.45, 7) is 0.478. The van der Waals surface area contributed by atoms with Crippen LogP contribution in [0.2, 0.25) is 0 Å². The lowest BCUT2D eigenvalue weighted by Crippen LogP contribution is -2.39. The van der Waals surface area contributed by atoms with Crippen LogP contribution in [0, 0.1) is 5.82 Å². The summed E-state index contributed by atoms with van der Waals surface area (Å²) in [5.41, 5.74) is 0.992. The first-order valence-corrected chi connectivity index (χ1v) is 13.7. The highest BCUT2D eigenvalue weighted by molar-refractivity contribution is 6.21. The van der Waals surface area contributed by atoms with Crippen molar-refractivity contribution < 1.29 is 28.6 Å². The van der Waals surface area contributed by atoms with E-state index in [1.54, 1.807) is 42.5 Å². The fraction of sp³-hybridized carbons (Fsp3) is 0.258. The van der Waals surface area contributed by atoms with Gasteiger partial charge in [0.15, 0.2) is 5.75 Å². The van der Waals surface area contributed by atoms with Gasteiger partial charge in [-0.3, -0.25) is 29.1 Å². The summed E-state index contributed by atoms with van der Waals surface area (Å²) in [7, 11) is 0. The van der Waals surface area contributed by atoms with E-state index < -0.39 is 34.6 Å². The van der Waals surface area contributed by atoms with Gasteiger partial charge in [-0.25, -0.2) is 4.39 Å². The molecule has 1 atom stereocenters. The van der Waals surface area contributed by atoms with Crippen LogP contribution in [0.4, 0.5) is 4.39 Å². The van der Waals surface area contributed by atoms with E-state index in [-0.39, 0.29) is 53.7 Å². The van der Waals surface area contributed by atoms with E-state index in [9.17, 15) is 28.7 Å². The minimum atomic E-state index is -0.790. The van der Waals surface area contributed by atoms with Crippen LogP contribution in [-0.4, -0.2) is 63.1 Å². The van der Waals surface area contributed by atoms with Crippen molar-refractivity contribution in [1.29, 1.82) is 0 Å². The molecular weight excluding hydrogens is 543 g/mol. The Morgan fingerprint density at radius 2 is 1.74 bits per heavy atom. The second-order valence-electron chi connectivity index (χ2n) is 10.3. The third-order valence-corrected chi connectivity index (χ3v) is 7.62. The highest BCUT2D eigenvalue weighted by atomic mass is 19.1. The third-order valence-electron chi connectivity index (χ3n) is 7.62. The fourth-order valence-electron chi connectivity index (χ4n) is 5.45. The van der Waals surface area contributed by atoms with Crippen LogP contribution in [-0.2, 0) is 17.7 Å². The topological polar surface area (TPSA) is 131 Å². The number of nitrogens with one attached hydrogen (secondary N) is 1. The molecule has 0 saturated carbocycles. The number of fused-ring (bicyclic) bond motifs is 2. The molecule has 0 spiro atoms. The Balaban J connectivity index is 1.37. The van der Waals surface area contributed by atoms with Crippen molar-refractivity contribution in [3.05, 3.63) is 105 Å². The normalized spacial score (nSPS) is 16.3. The number of benzene rings is 2. The maximum atomic E-state index is 13.8. The number of halogens is 1. The molecule has 4 aromatic rings. The fourth-order valence-corrected chi connectivity index (χ4v) is 5.45. The number of ether oxygens (including phenoxy) is 1. The van der Waals surface area contributed by atoms with E-state index >= 15 is 0 Å². The molecule has 2 aromatic heterocycles. The van der Waals surface area contributed by atoms with Crippen molar-refractivity contribution in [2.45, 2.75) is 31.9 Å². The number of hydrogen-bond acceptors (Lipinski definition) is 7. The van der Waals surface area contributed by atoms with Gasteiger partial charge in [0.25, 0.3) is 23.3 Å². The van der Waals surface area contributed by atoms with Gasteiger partial charge in [0, 0.05) is 32.4 Å². The lowest BCUT2D eigenvalue weighted by atomic mass is 10.1. The number of amides is 3. The molecule has 214 valence electrons. The average molecular weight is 571 g/mol. The number of pyridine rings is 2. The van der Waals surface area contributed by atoms with Crippen LogP contribution in [0.15, 0.2) is 65.6 Å². The molecule has 2 N–H and O–H groups in total. The number of hydrogen-bond donors (Lipinski definition) is 2. The highest BCUT2D eigenvalue weighted by Crippen LogP contribution is 2.27. The molecule has 42 heavy (non-hydrogen) atoms. The van der Waals surface area contributed by atoms with E-state index in [0.717, 1.165) is 23.3 Å². The molecule has 11 heteroatoms. The first-order chi connectivity index (χ1) is 20.3. The average Bonchev–Trinajstić information content (AvgIpc) is 3.60. The van der Waals surface area contributed by atoms with Crippen molar-refractivity contribution >= 4 is 28.8 Å². The largest absolute Gasteiger partial charge is 0.505 e. The molecule has 1 saturated heterocycles. The summed E-state index contributed by atoms with van der Waals surface area (Å²) in [5.74, 6) is -2.66. The van der Waals surface area contributed by atoms with Crippen LogP contribution in [0.1, 0.15) is 55.0 Å². The first-order valence-electron chi connectivity index (χ1n) is 13.7. The van der Waals surface area contributed by atoms with Gasteiger partial charge in [0.05, 0.1) is 22.7 Å². The molecule has 3 amide bonds. The molecule has 1 unspecified atom stereocenters. The molecule has 4 heterocycles. The second-order valence-corrected chi connectivity index (χ2v) is 10.3. The molecule has 0 radical (unpaired) electrons. The Bertz CT molecular complexity index is 1740. The number of carbonyl (C=O) groups is 3. The quantitative estimate of drug-likeness (QED) is 0.312. The Morgan fingerprint density at radius 1 is 1.02 bits per heavy atom. The lowest BCUT2D eigenvalue weighted by molar-refractivity contribution is 0.0648. The summed E-state index contributed by atoms with van der Waals surface area (Å²) < 4.78 is 20.2. The highest BCUT2D eigenvalue weighted by Gasteiger charge is 2.35. The smallest absolute Gasteiger partial charge is 0.267 e. The molecule has 2 aliphatic rings. The molecule has 1 fully saturated rings. The SMILES string of the molecule is O=C(NCC1CCCO1)c1c(O)c2ncc(Cc3ccc(F)cc3)cc2n(CCN2C(=O)c3ccccc3C2=O)c1=O. The minimum absolute atomic E-state index is 0.0158. The van der Waals surface area contributed by atoms with Crippen molar-refractivity contribution in [3.63, 3.8) is 0 Å². The number of rotatable bonds is 8. The Kier molecular flexibility index (Phi) is 7.26. The van der Waals surface area contributed by atoms with Gasteiger partial charge in [-0.2, -0.15) is 0 Å². The molecule has 2 aromatic carbocycles. The van der Waals surface area contributed by atoms with Crippen LogP contribution >= 0.6 is 0 Å². The lowest BCUT2D eigenvalue weighted by Gasteiger charge is -2.19. The van der Waals surface area contributed by atoms with Crippen LogP contribution in [0.5, 0.6) is 5.75 Å². The molecular formula is C31H27FN4O6. The second kappa shape index (κ2) is 11.2. The Morgan fingerprint density at radius 3 is 2.40 bits per heavy atom. The summed E-state index contributed by atoms with van der Waals surface area (Å²) in [6.07, 6.45) is 3.34. The van der Waals surface area contributed by atoms with E-state index in [1.165, 1.54) is 22.9 Å². The maximum Gasteiger partial charge on any atom is 0.267 e. The molecule has 2 aliphatic heterocycles. The van der Waals surface area contributed by atoms with E-state index in [4.69, 9.17) is 4.74 Å². The van der Waals surface area contributed by atoms with Gasteiger partial charge in [0.2, 0.25) is 0 Å². The number of aromatic hydroxyl groups is 1. The zero-order valence-electron chi connectivity index (χ0n) is 22.5. The number of carbonyl (C=O) groups excluding carboxylic acids is 3. The number of imide groups is 1. The van der Waals surface area contributed by atoms with E-state index in [1.807, 2.05) is 0 Å². The maximum absolute atomic E-state index is 13.8. The molecule has 6 rings (SSSR count). The zero-order chi connectivity index (χ0) is 29.4. The summed E-state index contributed by atoms with van der Waals surface area (Å²) in [6, 6.07) is 14.1. The van der Waals surface area contributed by atoms with Crippen molar-refractivity contribution in [2.75, 3.05) is 19.7 Å². The summed E-state index contributed by atoms with van der Waals surface area (Å²) in [4.78, 5) is 58.3. The van der Waals surface area contributed by atoms with Crippen LogP contribution in [0.3, 0.4) is 0 Å². The van der Waals surface area contributed by atoms with Crippen LogP contribution in [0.25, 0.3) is 11.0 Å². The van der Waals surface area contributed by atoms with Crippen molar-refractivity contribution in [1.82, 2.24) is 19.8 Å². The number of nitrogens with zero attached hydrogens (tertiary/aromatic N) is 3. The Labute approximate surface area is 239 Å². The Hall–Kier alpha value is -4.90. The van der Waals surface area contributed by atoms with Gasteiger partial charge in [-0.05, 0) is 60.7 Å². The summed E-state index contributed by atoms with van der Waals surface area (Å²) >= 11 is 0.